The molecule has 0 atom stereocenters. The molecule has 0 bridgehead atoms. The third-order valence-electron chi connectivity index (χ3n) is 4.37. The lowest BCUT2D eigenvalue weighted by Gasteiger charge is -2.09. The van der Waals surface area contributed by atoms with E-state index >= 15 is 0 Å². The van der Waals surface area contributed by atoms with E-state index in [-0.39, 0.29) is 0 Å². The lowest BCUT2D eigenvalue weighted by Crippen LogP contribution is -1.99. The van der Waals surface area contributed by atoms with E-state index in [1.807, 2.05) is 54.6 Å². The summed E-state index contributed by atoms with van der Waals surface area (Å²) in [5, 5.41) is 0. The van der Waals surface area contributed by atoms with Crippen molar-refractivity contribution < 1.29 is 14.3 Å². The van der Waals surface area contributed by atoms with Gasteiger partial charge in [0.15, 0.2) is 0 Å². The van der Waals surface area contributed by atoms with Crippen molar-refractivity contribution in [2.24, 2.45) is 0 Å². The number of hydrogen-bond donors (Lipinski definition) is 0. The van der Waals surface area contributed by atoms with Gasteiger partial charge in [-0.2, -0.15) is 0 Å². The van der Waals surface area contributed by atoms with Gasteiger partial charge in [0.2, 0.25) is 0 Å². The Hall–Kier alpha value is -3.59. The molecular formula is C25H22O3. The second-order valence-corrected chi connectivity index (χ2v) is 6.14. The van der Waals surface area contributed by atoms with Crippen LogP contribution >= 0.6 is 0 Å². The molecule has 140 valence electrons. The van der Waals surface area contributed by atoms with Crippen molar-refractivity contribution in [3.8, 4) is 11.1 Å². The van der Waals surface area contributed by atoms with Gasteiger partial charge in [0.05, 0.1) is 20.3 Å². The quantitative estimate of drug-likeness (QED) is 0.242. The highest BCUT2D eigenvalue weighted by Crippen LogP contribution is 2.23. The van der Waals surface area contributed by atoms with Crippen LogP contribution in [0.4, 0.5) is 0 Å². The number of methoxy groups -OCH3 is 2. The van der Waals surface area contributed by atoms with Crippen LogP contribution in [0.1, 0.15) is 16.7 Å². The molecule has 0 saturated heterocycles. The minimum Gasteiger partial charge on any atom is -0.496 e. The maximum absolute atomic E-state index is 11.6. The summed E-state index contributed by atoms with van der Waals surface area (Å²) in [4.78, 5) is 11.6. The van der Waals surface area contributed by atoms with Gasteiger partial charge in [-0.3, -0.25) is 0 Å². The summed E-state index contributed by atoms with van der Waals surface area (Å²) < 4.78 is 10.1. The van der Waals surface area contributed by atoms with Gasteiger partial charge < -0.3 is 9.47 Å². The first-order chi connectivity index (χ1) is 13.7. The molecule has 0 radical (unpaired) electrons. The predicted molar refractivity (Wildman–Crippen MR) is 114 cm³/mol. The van der Waals surface area contributed by atoms with E-state index in [2.05, 4.69) is 36.4 Å². The fourth-order valence-electron chi connectivity index (χ4n) is 2.88. The molecule has 0 aliphatic rings. The van der Waals surface area contributed by atoms with Crippen LogP contribution in [-0.2, 0) is 14.3 Å². The Kier molecular flexibility index (Phi) is 6.42. The molecule has 3 nitrogen and oxygen atoms in total. The van der Waals surface area contributed by atoms with Gasteiger partial charge in [-0.25, -0.2) is 4.79 Å². The first-order valence-electron chi connectivity index (χ1n) is 8.98. The molecule has 3 rings (SSSR count). The van der Waals surface area contributed by atoms with E-state index in [4.69, 9.17) is 9.47 Å². The van der Waals surface area contributed by atoms with E-state index in [9.17, 15) is 4.79 Å². The molecule has 0 aromatic heterocycles. The first kappa shape index (κ1) is 19.2. The van der Waals surface area contributed by atoms with Crippen molar-refractivity contribution >= 4 is 23.9 Å². The van der Waals surface area contributed by atoms with Crippen LogP contribution in [-0.4, -0.2) is 20.2 Å². The second-order valence-electron chi connectivity index (χ2n) is 6.14. The molecule has 0 aliphatic carbocycles. The first-order valence-corrected chi connectivity index (χ1v) is 8.98. The molecular weight excluding hydrogens is 348 g/mol. The van der Waals surface area contributed by atoms with Gasteiger partial charge in [-0.05, 0) is 22.3 Å². The Morgan fingerprint density at radius 1 is 0.714 bits per heavy atom. The fraction of sp³-hybridized carbons (Fsp3) is 0.0800. The zero-order valence-corrected chi connectivity index (χ0v) is 16.0. The topological polar surface area (TPSA) is 35.5 Å². The van der Waals surface area contributed by atoms with Gasteiger partial charge in [0, 0.05) is 5.56 Å². The number of benzene rings is 3. The summed E-state index contributed by atoms with van der Waals surface area (Å²) in [6, 6.07) is 26.4. The summed E-state index contributed by atoms with van der Waals surface area (Å²) in [5.74, 6) is 0.0126. The van der Waals surface area contributed by atoms with Crippen molar-refractivity contribution in [2.45, 2.75) is 0 Å². The highest BCUT2D eigenvalue weighted by atomic mass is 16.5. The molecule has 3 aromatic carbocycles. The average Bonchev–Trinajstić information content (AvgIpc) is 2.77. The molecule has 0 unspecified atom stereocenters. The van der Waals surface area contributed by atoms with Gasteiger partial charge in [-0.15, -0.1) is 0 Å². The maximum Gasteiger partial charge on any atom is 0.334 e. The van der Waals surface area contributed by atoms with E-state index in [0.717, 1.165) is 16.7 Å². The molecule has 28 heavy (non-hydrogen) atoms. The minimum atomic E-state index is -0.452. The van der Waals surface area contributed by atoms with Crippen LogP contribution in [0.5, 0.6) is 0 Å². The zero-order chi connectivity index (χ0) is 19.8. The predicted octanol–water partition coefficient (Wildman–Crippen LogP) is 5.68. The molecule has 0 fully saturated rings. The van der Waals surface area contributed by atoms with Gasteiger partial charge in [-0.1, -0.05) is 91.0 Å². The third-order valence-corrected chi connectivity index (χ3v) is 4.37. The van der Waals surface area contributed by atoms with Crippen LogP contribution in [0.2, 0.25) is 0 Å². The summed E-state index contributed by atoms with van der Waals surface area (Å²) >= 11 is 0. The lowest BCUT2D eigenvalue weighted by atomic mass is 10.0. The van der Waals surface area contributed by atoms with Crippen LogP contribution in [0.3, 0.4) is 0 Å². The Balaban J connectivity index is 1.85. The normalized spacial score (nSPS) is 11.4. The molecule has 3 heteroatoms. The molecule has 0 saturated carbocycles. The third kappa shape index (κ3) is 4.77. The highest BCUT2D eigenvalue weighted by Gasteiger charge is 2.08. The van der Waals surface area contributed by atoms with E-state index < -0.39 is 5.97 Å². The molecule has 0 spiro atoms. The largest absolute Gasteiger partial charge is 0.496 e. The van der Waals surface area contributed by atoms with Crippen LogP contribution in [0.15, 0.2) is 84.9 Å². The summed E-state index contributed by atoms with van der Waals surface area (Å²) in [7, 11) is 2.88. The van der Waals surface area contributed by atoms with Gasteiger partial charge >= 0.3 is 5.97 Å². The van der Waals surface area contributed by atoms with Crippen molar-refractivity contribution in [3.63, 3.8) is 0 Å². The fourth-order valence-corrected chi connectivity index (χ4v) is 2.88. The summed E-state index contributed by atoms with van der Waals surface area (Å²) in [5.41, 5.74) is 5.24. The van der Waals surface area contributed by atoms with E-state index in [1.165, 1.54) is 31.4 Å². The van der Waals surface area contributed by atoms with Crippen LogP contribution in [0, 0.1) is 0 Å². The number of rotatable bonds is 6. The standard InChI is InChI=1S/C25H22O3/c1-27-24(18-25(26)28-2)23-11-7-6-10-22(23)17-14-19-12-15-21(16-13-19)20-8-4-3-5-9-20/h3-18H,1-2H3. The van der Waals surface area contributed by atoms with Crippen LogP contribution < -0.4 is 0 Å². The Morgan fingerprint density at radius 3 is 2.04 bits per heavy atom. The number of ether oxygens (including phenoxy) is 2. The smallest absolute Gasteiger partial charge is 0.334 e. The molecule has 0 amide bonds. The number of carbonyl (C=O) groups excluding carboxylic acids is 1. The second kappa shape index (κ2) is 9.38. The van der Waals surface area contributed by atoms with Crippen molar-refractivity contribution in [1.82, 2.24) is 0 Å². The minimum absolute atomic E-state index is 0.452. The average molecular weight is 370 g/mol. The highest BCUT2D eigenvalue weighted by molar-refractivity contribution is 5.91. The Bertz CT molecular complexity index is 984. The zero-order valence-electron chi connectivity index (χ0n) is 16.0. The molecule has 0 heterocycles. The summed E-state index contributed by atoms with van der Waals surface area (Å²) in [6.07, 6.45) is 5.40. The number of hydrogen-bond acceptors (Lipinski definition) is 3. The molecule has 3 aromatic rings. The monoisotopic (exact) mass is 370 g/mol. The Labute approximate surface area is 165 Å². The lowest BCUT2D eigenvalue weighted by molar-refractivity contribution is -0.134. The van der Waals surface area contributed by atoms with Crippen LogP contribution in [0.25, 0.3) is 29.0 Å². The SMILES string of the molecule is COC(=O)C=C(OC)c1ccccc1C=Cc1ccc(-c2ccccc2)cc1. The number of carbonyl (C=O) groups is 1. The van der Waals surface area contributed by atoms with Crippen molar-refractivity contribution in [1.29, 1.82) is 0 Å². The maximum atomic E-state index is 11.6. The number of esters is 1. The summed E-state index contributed by atoms with van der Waals surface area (Å²) in [6.45, 7) is 0. The molecule has 0 aliphatic heterocycles. The van der Waals surface area contributed by atoms with Gasteiger partial charge in [0.25, 0.3) is 0 Å². The van der Waals surface area contributed by atoms with Crippen molar-refractivity contribution in [3.05, 3.63) is 102 Å². The Morgan fingerprint density at radius 2 is 1.36 bits per heavy atom. The van der Waals surface area contributed by atoms with Gasteiger partial charge in [0.1, 0.15) is 5.76 Å². The van der Waals surface area contributed by atoms with E-state index in [0.29, 0.717) is 5.76 Å². The van der Waals surface area contributed by atoms with E-state index in [1.54, 1.807) is 0 Å². The van der Waals surface area contributed by atoms with Crippen molar-refractivity contribution in [2.75, 3.05) is 14.2 Å². The molecule has 0 N–H and O–H groups in total.